The molecule has 20 heavy (non-hydrogen) atoms. The van der Waals surface area contributed by atoms with Crippen molar-refractivity contribution in [2.75, 3.05) is 11.5 Å². The van der Waals surface area contributed by atoms with E-state index in [1.165, 1.54) is 22.8 Å². The Bertz CT molecular complexity index is 738. The Morgan fingerprint density at radius 3 is 2.80 bits per heavy atom. The molecule has 0 aliphatic carbocycles. The molecule has 2 N–H and O–H groups in total. The predicted octanol–water partition coefficient (Wildman–Crippen LogP) is 1.77. The van der Waals surface area contributed by atoms with E-state index in [1.807, 2.05) is 0 Å². The second kappa shape index (κ2) is 4.97. The molecule has 1 aliphatic heterocycles. The molecule has 0 saturated heterocycles. The van der Waals surface area contributed by atoms with Gasteiger partial charge < -0.3 is 14.6 Å². The fourth-order valence-corrected chi connectivity index (χ4v) is 3.94. The topological polar surface area (TPSA) is 84.9 Å². The highest BCUT2D eigenvalue weighted by Gasteiger charge is 2.19. The fraction of sp³-hybridized carbons (Fsp3) is 0.167. The molecule has 0 amide bonds. The lowest BCUT2D eigenvalue weighted by Crippen LogP contribution is -2.12. The number of anilines is 1. The molecule has 0 fully saturated rings. The Hall–Kier alpha value is -1.77. The summed E-state index contributed by atoms with van der Waals surface area (Å²) in [5.74, 6) is 1.10. The SMILES string of the molecule is O=S(=O)(Nc1ccc2c(c1)OCO2)c1csc(CO)c1. The average Bonchev–Trinajstić information content (AvgIpc) is 3.06. The highest BCUT2D eigenvalue weighted by Crippen LogP contribution is 2.35. The number of sulfonamides is 1. The zero-order chi connectivity index (χ0) is 14.2. The molecule has 106 valence electrons. The van der Waals surface area contributed by atoms with Crippen LogP contribution in [0, 0.1) is 0 Å². The maximum atomic E-state index is 12.2. The summed E-state index contributed by atoms with van der Waals surface area (Å²) in [6.07, 6.45) is 0. The number of nitrogens with one attached hydrogen (secondary N) is 1. The first-order valence-corrected chi connectivity index (χ1v) is 8.05. The number of thiophene rings is 1. The molecular formula is C12H11NO5S2. The summed E-state index contributed by atoms with van der Waals surface area (Å²) >= 11 is 1.19. The minimum absolute atomic E-state index is 0.129. The van der Waals surface area contributed by atoms with Gasteiger partial charge in [-0.1, -0.05) is 0 Å². The van der Waals surface area contributed by atoms with Crippen LogP contribution >= 0.6 is 11.3 Å². The van der Waals surface area contributed by atoms with E-state index >= 15 is 0 Å². The maximum Gasteiger partial charge on any atom is 0.262 e. The molecule has 0 bridgehead atoms. The first kappa shape index (κ1) is 13.2. The van der Waals surface area contributed by atoms with E-state index in [0.29, 0.717) is 22.1 Å². The van der Waals surface area contributed by atoms with Crippen LogP contribution in [0.25, 0.3) is 0 Å². The fourth-order valence-electron chi connectivity index (χ4n) is 1.76. The Labute approximate surface area is 119 Å². The summed E-state index contributed by atoms with van der Waals surface area (Å²) in [5.41, 5.74) is 0.394. The van der Waals surface area contributed by atoms with Crippen molar-refractivity contribution in [1.82, 2.24) is 0 Å². The van der Waals surface area contributed by atoms with Gasteiger partial charge in [0.25, 0.3) is 10.0 Å². The lowest BCUT2D eigenvalue weighted by atomic mass is 10.3. The maximum absolute atomic E-state index is 12.2. The minimum atomic E-state index is -3.67. The first-order valence-electron chi connectivity index (χ1n) is 5.69. The smallest absolute Gasteiger partial charge is 0.262 e. The molecule has 1 aromatic carbocycles. The summed E-state index contributed by atoms with van der Waals surface area (Å²) in [6.45, 7) is -0.0415. The van der Waals surface area contributed by atoms with Gasteiger partial charge in [0.15, 0.2) is 11.5 Å². The van der Waals surface area contributed by atoms with Gasteiger partial charge in [-0.25, -0.2) is 8.42 Å². The van der Waals surface area contributed by atoms with Gasteiger partial charge in [0.2, 0.25) is 6.79 Å². The molecule has 1 aliphatic rings. The van der Waals surface area contributed by atoms with E-state index < -0.39 is 10.0 Å². The zero-order valence-electron chi connectivity index (χ0n) is 10.2. The third-order valence-corrected chi connectivity index (χ3v) is 5.15. The van der Waals surface area contributed by atoms with E-state index in [2.05, 4.69) is 4.72 Å². The third kappa shape index (κ3) is 2.45. The van der Waals surface area contributed by atoms with Gasteiger partial charge in [-0.3, -0.25) is 4.72 Å². The summed E-state index contributed by atoms with van der Waals surface area (Å²) < 4.78 is 37.2. The van der Waals surface area contributed by atoms with Crippen molar-refractivity contribution in [3.05, 3.63) is 34.5 Å². The van der Waals surface area contributed by atoms with Crippen LogP contribution in [0.4, 0.5) is 5.69 Å². The van der Waals surface area contributed by atoms with Crippen molar-refractivity contribution in [2.24, 2.45) is 0 Å². The largest absolute Gasteiger partial charge is 0.454 e. The van der Waals surface area contributed by atoms with Crippen molar-refractivity contribution in [2.45, 2.75) is 11.5 Å². The van der Waals surface area contributed by atoms with Gasteiger partial charge in [-0.15, -0.1) is 11.3 Å². The van der Waals surface area contributed by atoms with Gasteiger partial charge in [0.1, 0.15) is 0 Å². The van der Waals surface area contributed by atoms with E-state index in [-0.39, 0.29) is 18.3 Å². The zero-order valence-corrected chi connectivity index (χ0v) is 11.8. The number of fused-ring (bicyclic) bond motifs is 1. The van der Waals surface area contributed by atoms with Gasteiger partial charge in [0, 0.05) is 16.3 Å². The minimum Gasteiger partial charge on any atom is -0.454 e. The predicted molar refractivity (Wildman–Crippen MR) is 73.6 cm³/mol. The van der Waals surface area contributed by atoms with Crippen LogP contribution in [0.3, 0.4) is 0 Å². The normalized spacial score (nSPS) is 13.4. The van der Waals surface area contributed by atoms with Crippen LogP contribution in [0.5, 0.6) is 11.5 Å². The molecule has 0 atom stereocenters. The van der Waals surface area contributed by atoms with Crippen LogP contribution in [-0.2, 0) is 16.6 Å². The van der Waals surface area contributed by atoms with Gasteiger partial charge in [-0.05, 0) is 18.2 Å². The molecule has 0 unspecified atom stereocenters. The van der Waals surface area contributed by atoms with Crippen LogP contribution in [0.15, 0.2) is 34.5 Å². The summed E-state index contributed by atoms with van der Waals surface area (Å²) in [4.78, 5) is 0.722. The molecule has 2 aromatic rings. The molecule has 2 heterocycles. The van der Waals surface area contributed by atoms with Crippen LogP contribution in [0.1, 0.15) is 4.88 Å². The second-order valence-electron chi connectivity index (χ2n) is 4.08. The Morgan fingerprint density at radius 1 is 1.25 bits per heavy atom. The summed E-state index contributed by atoms with van der Waals surface area (Å²) in [5, 5.41) is 10.5. The number of aliphatic hydroxyl groups is 1. The molecular weight excluding hydrogens is 302 g/mol. The molecule has 3 rings (SSSR count). The molecule has 6 nitrogen and oxygen atoms in total. The Balaban J connectivity index is 1.86. The number of rotatable bonds is 4. The van der Waals surface area contributed by atoms with Gasteiger partial charge in [0.05, 0.1) is 17.2 Å². The lowest BCUT2D eigenvalue weighted by Gasteiger charge is -2.07. The van der Waals surface area contributed by atoms with Gasteiger partial charge >= 0.3 is 0 Å². The van der Waals surface area contributed by atoms with Crippen LogP contribution < -0.4 is 14.2 Å². The Kier molecular flexibility index (Phi) is 3.28. The molecule has 0 radical (unpaired) electrons. The van der Waals surface area contributed by atoms with Crippen LogP contribution in [-0.4, -0.2) is 20.3 Å². The third-order valence-electron chi connectivity index (χ3n) is 2.72. The van der Waals surface area contributed by atoms with E-state index in [9.17, 15) is 8.42 Å². The van der Waals surface area contributed by atoms with E-state index in [0.717, 1.165) is 0 Å². The second-order valence-corrected chi connectivity index (χ2v) is 6.76. The Morgan fingerprint density at radius 2 is 2.05 bits per heavy atom. The van der Waals surface area contributed by atoms with Crippen molar-refractivity contribution >= 4 is 27.0 Å². The molecule has 1 aromatic heterocycles. The monoisotopic (exact) mass is 313 g/mol. The number of hydrogen-bond donors (Lipinski definition) is 2. The first-order chi connectivity index (χ1) is 9.58. The van der Waals surface area contributed by atoms with E-state index in [4.69, 9.17) is 14.6 Å². The lowest BCUT2D eigenvalue weighted by molar-refractivity contribution is 0.174. The molecule has 0 saturated carbocycles. The number of ether oxygens (including phenoxy) is 2. The molecule has 8 heteroatoms. The highest BCUT2D eigenvalue weighted by atomic mass is 32.2. The number of benzene rings is 1. The van der Waals surface area contributed by atoms with Gasteiger partial charge in [-0.2, -0.15) is 0 Å². The van der Waals surface area contributed by atoms with Crippen molar-refractivity contribution in [3.63, 3.8) is 0 Å². The average molecular weight is 313 g/mol. The summed E-state index contributed by atoms with van der Waals surface area (Å²) in [6, 6.07) is 6.26. The highest BCUT2D eigenvalue weighted by molar-refractivity contribution is 7.92. The number of aliphatic hydroxyl groups excluding tert-OH is 1. The van der Waals surface area contributed by atoms with Crippen molar-refractivity contribution < 1.29 is 23.0 Å². The molecule has 0 spiro atoms. The summed E-state index contributed by atoms with van der Waals surface area (Å²) in [7, 11) is -3.67. The van der Waals surface area contributed by atoms with Crippen molar-refractivity contribution in [1.29, 1.82) is 0 Å². The number of hydrogen-bond acceptors (Lipinski definition) is 6. The quantitative estimate of drug-likeness (QED) is 0.898. The van der Waals surface area contributed by atoms with Crippen molar-refractivity contribution in [3.8, 4) is 11.5 Å². The van der Waals surface area contributed by atoms with E-state index in [1.54, 1.807) is 18.2 Å². The standard InChI is InChI=1S/C12H11NO5S2/c14-5-9-4-10(6-19-9)20(15,16)13-8-1-2-11-12(3-8)18-7-17-11/h1-4,6,13-14H,5,7H2. The van der Waals surface area contributed by atoms with Crippen LogP contribution in [0.2, 0.25) is 0 Å².